The number of carbonyl (C=O) groups is 2. The van der Waals surface area contributed by atoms with Gasteiger partial charge in [-0.25, -0.2) is 14.8 Å². The number of imidazole rings is 1. The van der Waals surface area contributed by atoms with Crippen molar-refractivity contribution in [3.8, 4) is 0 Å². The molecule has 1 atom stereocenters. The molecule has 0 saturated carbocycles. The quantitative estimate of drug-likeness (QED) is 0.640. The predicted octanol–water partition coefficient (Wildman–Crippen LogP) is 1.82. The number of esters is 1. The van der Waals surface area contributed by atoms with Crippen molar-refractivity contribution < 1.29 is 14.3 Å². The van der Waals surface area contributed by atoms with E-state index < -0.39 is 17.9 Å². The fourth-order valence-corrected chi connectivity index (χ4v) is 2.43. The molecular formula is C19H21N5O3. The van der Waals surface area contributed by atoms with E-state index in [9.17, 15) is 9.59 Å². The molecule has 0 aliphatic heterocycles. The van der Waals surface area contributed by atoms with Crippen LogP contribution >= 0.6 is 0 Å². The Bertz CT molecular complexity index is 924. The fraction of sp³-hybridized carbons (Fsp3) is 0.316. The average molecular weight is 367 g/mol. The maximum Gasteiger partial charge on any atom is 0.330 e. The first kappa shape index (κ1) is 18.5. The van der Waals surface area contributed by atoms with Crippen LogP contribution in [-0.2, 0) is 16.1 Å². The molecule has 1 N–H and O–H groups in total. The van der Waals surface area contributed by atoms with Gasteiger partial charge in [0.25, 0.3) is 5.91 Å². The summed E-state index contributed by atoms with van der Waals surface area (Å²) in [6.45, 7) is 4.39. The van der Waals surface area contributed by atoms with Crippen LogP contribution in [0, 0.1) is 5.92 Å². The topological polar surface area (TPSA) is 99.0 Å². The minimum atomic E-state index is -0.862. The largest absolute Gasteiger partial charge is 0.464 e. The molecule has 2 heterocycles. The highest BCUT2D eigenvalue weighted by Gasteiger charge is 2.24. The van der Waals surface area contributed by atoms with Crippen molar-refractivity contribution in [1.82, 2.24) is 24.8 Å². The van der Waals surface area contributed by atoms with Gasteiger partial charge in [-0.05, 0) is 18.1 Å². The number of para-hydroxylation sites is 2. The maximum atomic E-state index is 12.6. The normalized spacial score (nSPS) is 12.1. The summed E-state index contributed by atoms with van der Waals surface area (Å²) in [5.41, 5.74) is 1.44. The Hall–Kier alpha value is -3.29. The molecule has 8 heteroatoms. The van der Waals surface area contributed by atoms with Gasteiger partial charge in [0.05, 0.1) is 36.7 Å². The number of fused-ring (bicyclic) bond motifs is 1. The van der Waals surface area contributed by atoms with Gasteiger partial charge >= 0.3 is 5.97 Å². The standard InChI is InChI=1S/C19H21N5O3/c1-13(2)11-27-19(26)17(10-24-8-7-20-12-24)23-18(25)16-9-21-14-5-3-4-6-15(14)22-16/h3-9,12-13,17H,10-11H2,1-2H3,(H,23,25)/t17-/m0/s1. The van der Waals surface area contributed by atoms with Crippen molar-refractivity contribution in [2.75, 3.05) is 6.61 Å². The van der Waals surface area contributed by atoms with Gasteiger partial charge in [0, 0.05) is 12.4 Å². The first-order chi connectivity index (χ1) is 13.0. The highest BCUT2D eigenvalue weighted by molar-refractivity contribution is 5.96. The summed E-state index contributed by atoms with van der Waals surface area (Å²) in [6, 6.07) is 6.40. The SMILES string of the molecule is CC(C)COC(=O)[C@H](Cn1ccnc1)NC(=O)c1cnc2ccccc2n1. The zero-order valence-electron chi connectivity index (χ0n) is 15.2. The summed E-state index contributed by atoms with van der Waals surface area (Å²) < 4.78 is 7.00. The highest BCUT2D eigenvalue weighted by atomic mass is 16.5. The summed E-state index contributed by atoms with van der Waals surface area (Å²) in [4.78, 5) is 37.6. The highest BCUT2D eigenvalue weighted by Crippen LogP contribution is 2.09. The van der Waals surface area contributed by atoms with Crippen LogP contribution in [0.3, 0.4) is 0 Å². The van der Waals surface area contributed by atoms with Crippen molar-refractivity contribution in [3.63, 3.8) is 0 Å². The third kappa shape index (κ3) is 4.87. The third-order valence-corrected chi connectivity index (χ3v) is 3.78. The van der Waals surface area contributed by atoms with Crippen molar-refractivity contribution >= 4 is 22.9 Å². The molecule has 27 heavy (non-hydrogen) atoms. The van der Waals surface area contributed by atoms with Crippen molar-refractivity contribution in [1.29, 1.82) is 0 Å². The molecule has 0 bridgehead atoms. The average Bonchev–Trinajstić information content (AvgIpc) is 3.18. The molecule has 0 spiro atoms. The fourth-order valence-electron chi connectivity index (χ4n) is 2.43. The lowest BCUT2D eigenvalue weighted by Crippen LogP contribution is -2.45. The van der Waals surface area contributed by atoms with E-state index >= 15 is 0 Å². The summed E-state index contributed by atoms with van der Waals surface area (Å²) >= 11 is 0. The lowest BCUT2D eigenvalue weighted by molar-refractivity contribution is -0.147. The van der Waals surface area contributed by atoms with Gasteiger partial charge in [-0.1, -0.05) is 26.0 Å². The molecule has 8 nitrogen and oxygen atoms in total. The number of rotatable bonds is 7. The number of hydrogen-bond donors (Lipinski definition) is 1. The maximum absolute atomic E-state index is 12.6. The molecular weight excluding hydrogens is 346 g/mol. The number of benzene rings is 1. The van der Waals surface area contributed by atoms with Gasteiger partial charge in [0.15, 0.2) is 0 Å². The smallest absolute Gasteiger partial charge is 0.330 e. The molecule has 0 unspecified atom stereocenters. The second kappa shape index (κ2) is 8.39. The third-order valence-electron chi connectivity index (χ3n) is 3.78. The van der Waals surface area contributed by atoms with Crippen LogP contribution in [0.5, 0.6) is 0 Å². The summed E-state index contributed by atoms with van der Waals surface area (Å²) in [5.74, 6) is -0.788. The first-order valence-corrected chi connectivity index (χ1v) is 8.68. The van der Waals surface area contributed by atoms with E-state index in [2.05, 4.69) is 20.3 Å². The lowest BCUT2D eigenvalue weighted by atomic mass is 10.2. The van der Waals surface area contributed by atoms with Crippen molar-refractivity contribution in [2.24, 2.45) is 5.92 Å². The number of amides is 1. The van der Waals surface area contributed by atoms with Crippen LogP contribution < -0.4 is 5.32 Å². The molecule has 0 saturated heterocycles. The van der Waals surface area contributed by atoms with E-state index in [0.717, 1.165) is 0 Å². The minimum absolute atomic E-state index is 0.140. The van der Waals surface area contributed by atoms with Gasteiger partial charge in [0.1, 0.15) is 11.7 Å². The van der Waals surface area contributed by atoms with Crippen LogP contribution in [0.2, 0.25) is 0 Å². The second-order valence-electron chi connectivity index (χ2n) is 6.55. The Morgan fingerprint density at radius 3 is 2.70 bits per heavy atom. The molecule has 3 aromatic rings. The second-order valence-corrected chi connectivity index (χ2v) is 6.55. The Morgan fingerprint density at radius 1 is 1.22 bits per heavy atom. The Labute approximate surface area is 156 Å². The van der Waals surface area contributed by atoms with Crippen LogP contribution in [0.25, 0.3) is 11.0 Å². The van der Waals surface area contributed by atoms with Crippen LogP contribution in [0.4, 0.5) is 0 Å². The number of nitrogens with zero attached hydrogens (tertiary/aromatic N) is 4. The van der Waals surface area contributed by atoms with Gasteiger partial charge < -0.3 is 14.6 Å². The van der Waals surface area contributed by atoms with Crippen molar-refractivity contribution in [2.45, 2.75) is 26.4 Å². The van der Waals surface area contributed by atoms with E-state index in [4.69, 9.17) is 4.74 Å². The van der Waals surface area contributed by atoms with Gasteiger partial charge in [-0.3, -0.25) is 9.78 Å². The van der Waals surface area contributed by atoms with Crippen LogP contribution in [0.15, 0.2) is 49.2 Å². The van der Waals surface area contributed by atoms with E-state index in [1.165, 1.54) is 6.20 Å². The van der Waals surface area contributed by atoms with E-state index in [0.29, 0.717) is 11.0 Å². The Morgan fingerprint density at radius 2 is 2.00 bits per heavy atom. The van der Waals surface area contributed by atoms with Crippen LogP contribution in [-0.4, -0.2) is 44.0 Å². The van der Waals surface area contributed by atoms with Gasteiger partial charge in [-0.15, -0.1) is 0 Å². The number of hydrogen-bond acceptors (Lipinski definition) is 6. The predicted molar refractivity (Wildman–Crippen MR) is 98.8 cm³/mol. The molecule has 3 rings (SSSR count). The number of ether oxygens (including phenoxy) is 1. The van der Waals surface area contributed by atoms with E-state index in [1.54, 1.807) is 29.4 Å². The number of carbonyl (C=O) groups excluding carboxylic acids is 2. The molecule has 140 valence electrons. The zero-order chi connectivity index (χ0) is 19.2. The van der Waals surface area contributed by atoms with E-state index in [-0.39, 0.29) is 24.8 Å². The monoisotopic (exact) mass is 367 g/mol. The zero-order valence-corrected chi connectivity index (χ0v) is 15.2. The van der Waals surface area contributed by atoms with Crippen molar-refractivity contribution in [3.05, 3.63) is 54.9 Å². The summed E-state index contributed by atoms with van der Waals surface area (Å²) in [6.07, 6.45) is 6.29. The molecule has 1 aromatic carbocycles. The summed E-state index contributed by atoms with van der Waals surface area (Å²) in [7, 11) is 0. The number of aromatic nitrogens is 4. The molecule has 0 aliphatic rings. The van der Waals surface area contributed by atoms with Gasteiger partial charge in [-0.2, -0.15) is 0 Å². The molecule has 0 aliphatic carbocycles. The lowest BCUT2D eigenvalue weighted by Gasteiger charge is -2.18. The van der Waals surface area contributed by atoms with E-state index in [1.807, 2.05) is 32.0 Å². The van der Waals surface area contributed by atoms with Crippen LogP contribution in [0.1, 0.15) is 24.3 Å². The first-order valence-electron chi connectivity index (χ1n) is 8.68. The molecule has 2 aromatic heterocycles. The summed E-state index contributed by atoms with van der Waals surface area (Å²) in [5, 5.41) is 2.70. The Kier molecular flexibility index (Phi) is 5.75. The molecule has 0 radical (unpaired) electrons. The number of nitrogens with one attached hydrogen (secondary N) is 1. The van der Waals surface area contributed by atoms with Gasteiger partial charge in [0.2, 0.25) is 0 Å². The molecule has 1 amide bonds. The Balaban J connectivity index is 1.76. The minimum Gasteiger partial charge on any atom is -0.464 e. The molecule has 0 fully saturated rings.